The van der Waals surface area contributed by atoms with Crippen LogP contribution >= 0.6 is 11.6 Å². The monoisotopic (exact) mass is 223 g/mol. The van der Waals surface area contributed by atoms with Crippen molar-refractivity contribution in [2.75, 3.05) is 18.0 Å². The molecule has 3 rings (SSSR count). The summed E-state index contributed by atoms with van der Waals surface area (Å²) in [6, 6.07) is 4.00. The van der Waals surface area contributed by atoms with Crippen LogP contribution in [0.2, 0.25) is 0 Å². The van der Waals surface area contributed by atoms with Crippen molar-refractivity contribution >= 4 is 17.4 Å². The van der Waals surface area contributed by atoms with Crippen LogP contribution in [0.1, 0.15) is 25.0 Å². The van der Waals surface area contributed by atoms with E-state index in [4.69, 9.17) is 11.6 Å². The highest BCUT2D eigenvalue weighted by Crippen LogP contribution is 2.53. The molecule has 0 amide bonds. The molecule has 1 aromatic heterocycles. The number of alkyl halides is 1. The van der Waals surface area contributed by atoms with Gasteiger partial charge in [0.15, 0.2) is 5.82 Å². The van der Waals surface area contributed by atoms with Crippen molar-refractivity contribution in [3.05, 3.63) is 17.8 Å². The van der Waals surface area contributed by atoms with Crippen LogP contribution in [-0.2, 0) is 5.88 Å². The number of anilines is 1. The van der Waals surface area contributed by atoms with E-state index in [-0.39, 0.29) is 0 Å². The summed E-state index contributed by atoms with van der Waals surface area (Å²) in [6.45, 7) is 2.30. The van der Waals surface area contributed by atoms with Gasteiger partial charge in [0.1, 0.15) is 0 Å². The van der Waals surface area contributed by atoms with Crippen LogP contribution in [0.4, 0.5) is 5.82 Å². The van der Waals surface area contributed by atoms with E-state index in [0.29, 0.717) is 11.3 Å². The molecule has 3 nitrogen and oxygen atoms in total. The normalized spacial score (nSPS) is 22.3. The molecule has 1 spiro atoms. The zero-order valence-electron chi connectivity index (χ0n) is 8.62. The predicted molar refractivity (Wildman–Crippen MR) is 60.1 cm³/mol. The van der Waals surface area contributed by atoms with Crippen molar-refractivity contribution in [3.8, 4) is 0 Å². The summed E-state index contributed by atoms with van der Waals surface area (Å²) < 4.78 is 0. The van der Waals surface area contributed by atoms with E-state index in [1.807, 2.05) is 12.1 Å². The number of hydrogen-bond donors (Lipinski definition) is 0. The van der Waals surface area contributed by atoms with E-state index in [1.165, 1.54) is 25.8 Å². The highest BCUT2D eigenvalue weighted by Gasteiger charge is 2.47. The van der Waals surface area contributed by atoms with Gasteiger partial charge < -0.3 is 4.90 Å². The molecule has 1 aromatic rings. The van der Waals surface area contributed by atoms with Crippen molar-refractivity contribution < 1.29 is 0 Å². The molecule has 2 fully saturated rings. The molecule has 1 saturated carbocycles. The van der Waals surface area contributed by atoms with E-state index in [1.54, 1.807) is 0 Å². The molecule has 4 heteroatoms. The van der Waals surface area contributed by atoms with Crippen LogP contribution in [0, 0.1) is 5.41 Å². The summed E-state index contributed by atoms with van der Waals surface area (Å²) in [7, 11) is 0. The summed E-state index contributed by atoms with van der Waals surface area (Å²) in [6.07, 6.45) is 4.12. The highest BCUT2D eigenvalue weighted by molar-refractivity contribution is 6.16. The van der Waals surface area contributed by atoms with Crippen LogP contribution in [0.5, 0.6) is 0 Å². The number of halogens is 1. The topological polar surface area (TPSA) is 29.0 Å². The first-order valence-corrected chi connectivity index (χ1v) is 5.98. The number of hydrogen-bond acceptors (Lipinski definition) is 3. The molecule has 0 unspecified atom stereocenters. The van der Waals surface area contributed by atoms with Crippen LogP contribution < -0.4 is 4.90 Å². The Kier molecular flexibility index (Phi) is 2.09. The van der Waals surface area contributed by atoms with Crippen molar-refractivity contribution in [2.45, 2.75) is 25.1 Å². The van der Waals surface area contributed by atoms with Crippen LogP contribution in [-0.4, -0.2) is 23.3 Å². The quantitative estimate of drug-likeness (QED) is 0.720. The molecule has 15 heavy (non-hydrogen) atoms. The fourth-order valence-corrected chi connectivity index (χ4v) is 2.45. The Balaban J connectivity index is 1.75. The zero-order chi connectivity index (χ0) is 10.3. The Hall–Kier alpha value is -0.830. The van der Waals surface area contributed by atoms with Crippen LogP contribution in [0.15, 0.2) is 12.1 Å². The van der Waals surface area contributed by atoms with Gasteiger partial charge >= 0.3 is 0 Å². The summed E-state index contributed by atoms with van der Waals surface area (Å²) in [5.41, 5.74) is 1.49. The number of rotatable bonds is 2. The van der Waals surface area contributed by atoms with Gasteiger partial charge in [-0.1, -0.05) is 0 Å². The van der Waals surface area contributed by atoms with Gasteiger partial charge in [-0.2, -0.15) is 5.10 Å². The Morgan fingerprint density at radius 2 is 2.13 bits per heavy atom. The summed E-state index contributed by atoms with van der Waals surface area (Å²) in [5, 5.41) is 8.30. The molecule has 1 saturated heterocycles. The molecule has 0 bridgehead atoms. The molecule has 1 aliphatic heterocycles. The van der Waals surface area contributed by atoms with Gasteiger partial charge in [0, 0.05) is 13.1 Å². The predicted octanol–water partition coefficient (Wildman–Crippen LogP) is 2.21. The minimum atomic E-state index is 0.442. The molecule has 0 aromatic carbocycles. The SMILES string of the molecule is ClCc1ccc(N2CCC3(CC3)C2)nn1. The lowest BCUT2D eigenvalue weighted by Crippen LogP contribution is -2.21. The second-order valence-electron chi connectivity index (χ2n) is 4.69. The van der Waals surface area contributed by atoms with Gasteiger partial charge in [0.25, 0.3) is 0 Å². The van der Waals surface area contributed by atoms with Crippen molar-refractivity contribution in [2.24, 2.45) is 5.41 Å². The van der Waals surface area contributed by atoms with E-state index >= 15 is 0 Å². The second kappa shape index (κ2) is 3.34. The van der Waals surface area contributed by atoms with Gasteiger partial charge in [0.05, 0.1) is 11.6 Å². The fraction of sp³-hybridized carbons (Fsp3) is 0.636. The Labute approximate surface area is 94.4 Å². The first kappa shape index (κ1) is 9.40. The smallest absolute Gasteiger partial charge is 0.151 e. The molecular formula is C11H14ClN3. The van der Waals surface area contributed by atoms with Gasteiger partial charge in [-0.25, -0.2) is 0 Å². The lowest BCUT2D eigenvalue weighted by molar-refractivity contribution is 0.580. The first-order chi connectivity index (χ1) is 7.31. The third-order valence-corrected chi connectivity index (χ3v) is 3.84. The molecule has 1 aliphatic carbocycles. The average molecular weight is 224 g/mol. The molecule has 0 radical (unpaired) electrons. The molecule has 2 aliphatic rings. The standard InChI is InChI=1S/C11H14ClN3/c12-7-9-1-2-10(14-13-9)15-6-5-11(8-15)3-4-11/h1-2H,3-8H2. The van der Waals surface area contributed by atoms with E-state index in [2.05, 4.69) is 15.1 Å². The Bertz CT molecular complexity index is 359. The largest absolute Gasteiger partial charge is 0.355 e. The van der Waals surface area contributed by atoms with Gasteiger partial charge in [-0.3, -0.25) is 0 Å². The first-order valence-electron chi connectivity index (χ1n) is 5.45. The molecule has 0 atom stereocenters. The summed E-state index contributed by atoms with van der Waals surface area (Å²) >= 11 is 5.68. The zero-order valence-corrected chi connectivity index (χ0v) is 9.37. The van der Waals surface area contributed by atoms with Gasteiger partial charge in [0.2, 0.25) is 0 Å². The van der Waals surface area contributed by atoms with Crippen molar-refractivity contribution in [1.82, 2.24) is 10.2 Å². The minimum absolute atomic E-state index is 0.442. The van der Waals surface area contributed by atoms with E-state index in [0.717, 1.165) is 18.1 Å². The summed E-state index contributed by atoms with van der Waals surface area (Å²) in [4.78, 5) is 2.35. The number of aromatic nitrogens is 2. The van der Waals surface area contributed by atoms with E-state index < -0.39 is 0 Å². The minimum Gasteiger partial charge on any atom is -0.355 e. The maximum absolute atomic E-state index is 5.68. The second-order valence-corrected chi connectivity index (χ2v) is 4.96. The number of nitrogens with zero attached hydrogens (tertiary/aromatic N) is 3. The van der Waals surface area contributed by atoms with Crippen LogP contribution in [0.3, 0.4) is 0 Å². The van der Waals surface area contributed by atoms with Crippen LogP contribution in [0.25, 0.3) is 0 Å². The van der Waals surface area contributed by atoms with Gasteiger partial charge in [-0.05, 0) is 36.8 Å². The maximum atomic E-state index is 5.68. The third-order valence-electron chi connectivity index (χ3n) is 3.56. The Morgan fingerprint density at radius 1 is 1.27 bits per heavy atom. The van der Waals surface area contributed by atoms with Crippen molar-refractivity contribution in [3.63, 3.8) is 0 Å². The average Bonchev–Trinajstić information content (AvgIpc) is 2.90. The van der Waals surface area contributed by atoms with E-state index in [9.17, 15) is 0 Å². The van der Waals surface area contributed by atoms with Gasteiger partial charge in [-0.15, -0.1) is 16.7 Å². The molecule has 0 N–H and O–H groups in total. The molecule has 2 heterocycles. The molecule has 80 valence electrons. The highest BCUT2D eigenvalue weighted by atomic mass is 35.5. The Morgan fingerprint density at radius 3 is 2.67 bits per heavy atom. The molecular weight excluding hydrogens is 210 g/mol. The summed E-state index contributed by atoms with van der Waals surface area (Å²) in [5.74, 6) is 1.45. The lowest BCUT2D eigenvalue weighted by atomic mass is 10.1. The van der Waals surface area contributed by atoms with Crippen molar-refractivity contribution in [1.29, 1.82) is 0 Å². The fourth-order valence-electron chi connectivity index (χ4n) is 2.31. The maximum Gasteiger partial charge on any atom is 0.151 e. The lowest BCUT2D eigenvalue weighted by Gasteiger charge is -2.16. The third kappa shape index (κ3) is 1.69.